The number of carbonyl (C=O) groups excluding carboxylic acids is 1. The maximum atomic E-state index is 12.1. The number of likely N-dealkylation sites (tertiary alicyclic amines) is 1. The summed E-state index contributed by atoms with van der Waals surface area (Å²) in [5.74, 6) is 1.18. The molecular weight excluding hydrogens is 276 g/mol. The Balaban J connectivity index is 1.94. The summed E-state index contributed by atoms with van der Waals surface area (Å²) in [6.07, 6.45) is 4.45. The van der Waals surface area contributed by atoms with Crippen LogP contribution in [0.25, 0.3) is 11.4 Å². The normalized spacial score (nSPS) is 18.0. The predicted molar refractivity (Wildman–Crippen MR) is 85.2 cm³/mol. The Bertz CT molecular complexity index is 692. The van der Waals surface area contributed by atoms with Crippen LogP contribution in [0.2, 0.25) is 0 Å². The first-order valence-corrected chi connectivity index (χ1v) is 7.87. The molecule has 1 aliphatic rings. The van der Waals surface area contributed by atoms with Gasteiger partial charge in [0.2, 0.25) is 5.91 Å². The molecule has 22 heavy (non-hydrogen) atoms. The highest BCUT2D eigenvalue weighted by Crippen LogP contribution is 2.32. The molecule has 0 N–H and O–H groups in total. The highest BCUT2D eigenvalue weighted by atomic mass is 16.2. The molecule has 2 aromatic rings. The quantitative estimate of drug-likeness (QED) is 0.875. The van der Waals surface area contributed by atoms with Crippen LogP contribution in [-0.2, 0) is 11.8 Å². The van der Waals surface area contributed by atoms with Gasteiger partial charge in [-0.2, -0.15) is 0 Å². The SMILES string of the molecule is CCC(=O)N1CCCC1c1cccc(-c2cnc(C)n2C)n1. The molecular formula is C17H22N4O. The Morgan fingerprint density at radius 1 is 1.41 bits per heavy atom. The molecule has 2 aromatic heterocycles. The molecule has 1 atom stereocenters. The number of imidazole rings is 1. The Hall–Kier alpha value is -2.17. The zero-order valence-electron chi connectivity index (χ0n) is 13.4. The summed E-state index contributed by atoms with van der Waals surface area (Å²) in [5.41, 5.74) is 2.90. The lowest BCUT2D eigenvalue weighted by Crippen LogP contribution is -2.30. The first kappa shape index (κ1) is 14.8. The van der Waals surface area contributed by atoms with E-state index in [4.69, 9.17) is 4.98 Å². The second kappa shape index (κ2) is 5.91. The summed E-state index contributed by atoms with van der Waals surface area (Å²) < 4.78 is 2.04. The van der Waals surface area contributed by atoms with Gasteiger partial charge in [-0.3, -0.25) is 4.79 Å². The molecule has 0 aliphatic carbocycles. The molecule has 1 saturated heterocycles. The minimum atomic E-state index is 0.113. The molecule has 0 saturated carbocycles. The fraction of sp³-hybridized carbons (Fsp3) is 0.471. The lowest BCUT2D eigenvalue weighted by atomic mass is 10.1. The molecule has 0 spiro atoms. The monoisotopic (exact) mass is 298 g/mol. The Kier molecular flexibility index (Phi) is 3.96. The van der Waals surface area contributed by atoms with E-state index in [0.29, 0.717) is 6.42 Å². The highest BCUT2D eigenvalue weighted by Gasteiger charge is 2.30. The molecule has 5 nitrogen and oxygen atoms in total. The molecule has 1 unspecified atom stereocenters. The molecule has 1 fully saturated rings. The van der Waals surface area contributed by atoms with Crippen molar-refractivity contribution in [3.8, 4) is 11.4 Å². The number of hydrogen-bond donors (Lipinski definition) is 0. The number of amides is 1. The zero-order chi connectivity index (χ0) is 15.7. The molecule has 116 valence electrons. The number of rotatable bonds is 3. The molecule has 3 rings (SSSR count). The van der Waals surface area contributed by atoms with Crippen molar-refractivity contribution in [2.24, 2.45) is 7.05 Å². The van der Waals surface area contributed by atoms with E-state index in [2.05, 4.69) is 4.98 Å². The number of nitrogens with zero attached hydrogens (tertiary/aromatic N) is 4. The molecule has 0 aromatic carbocycles. The van der Waals surface area contributed by atoms with E-state index in [9.17, 15) is 4.79 Å². The average molecular weight is 298 g/mol. The Morgan fingerprint density at radius 3 is 2.91 bits per heavy atom. The number of hydrogen-bond acceptors (Lipinski definition) is 3. The number of pyridine rings is 1. The van der Waals surface area contributed by atoms with Gasteiger partial charge < -0.3 is 9.47 Å². The van der Waals surface area contributed by atoms with Crippen molar-refractivity contribution in [2.45, 2.75) is 39.2 Å². The maximum Gasteiger partial charge on any atom is 0.222 e. The minimum Gasteiger partial charge on any atom is -0.334 e. The summed E-state index contributed by atoms with van der Waals surface area (Å²) in [6, 6.07) is 6.16. The van der Waals surface area contributed by atoms with Gasteiger partial charge in [-0.1, -0.05) is 13.0 Å². The molecule has 0 bridgehead atoms. The fourth-order valence-corrected chi connectivity index (χ4v) is 3.10. The predicted octanol–water partition coefficient (Wildman–Crippen LogP) is 2.86. The van der Waals surface area contributed by atoms with Gasteiger partial charge in [0, 0.05) is 20.0 Å². The first-order valence-electron chi connectivity index (χ1n) is 7.87. The highest BCUT2D eigenvalue weighted by molar-refractivity contribution is 5.76. The first-order chi connectivity index (χ1) is 10.6. The van der Waals surface area contributed by atoms with Crippen LogP contribution in [-0.4, -0.2) is 31.9 Å². The van der Waals surface area contributed by atoms with Crippen molar-refractivity contribution in [1.29, 1.82) is 0 Å². The van der Waals surface area contributed by atoms with Crippen LogP contribution in [0.1, 0.15) is 43.7 Å². The molecule has 0 radical (unpaired) electrons. The van der Waals surface area contributed by atoms with E-state index in [-0.39, 0.29) is 11.9 Å². The number of aromatic nitrogens is 3. The molecule has 5 heteroatoms. The fourth-order valence-electron chi connectivity index (χ4n) is 3.10. The van der Waals surface area contributed by atoms with Crippen molar-refractivity contribution in [1.82, 2.24) is 19.4 Å². The second-order valence-electron chi connectivity index (χ2n) is 5.80. The van der Waals surface area contributed by atoms with Gasteiger partial charge in [0.1, 0.15) is 5.82 Å². The van der Waals surface area contributed by atoms with E-state index in [1.807, 2.05) is 54.8 Å². The van der Waals surface area contributed by atoms with E-state index >= 15 is 0 Å². The third-order valence-corrected chi connectivity index (χ3v) is 4.47. The second-order valence-corrected chi connectivity index (χ2v) is 5.80. The van der Waals surface area contributed by atoms with Crippen molar-refractivity contribution in [2.75, 3.05) is 6.54 Å². The third kappa shape index (κ3) is 2.51. The van der Waals surface area contributed by atoms with Gasteiger partial charge >= 0.3 is 0 Å². The van der Waals surface area contributed by atoms with Crippen LogP contribution in [0.15, 0.2) is 24.4 Å². The average Bonchev–Trinajstić information content (AvgIpc) is 3.15. The van der Waals surface area contributed by atoms with Crippen molar-refractivity contribution >= 4 is 5.91 Å². The zero-order valence-corrected chi connectivity index (χ0v) is 13.4. The van der Waals surface area contributed by atoms with Crippen LogP contribution < -0.4 is 0 Å². The van der Waals surface area contributed by atoms with Crippen LogP contribution in [0, 0.1) is 6.92 Å². The van der Waals surface area contributed by atoms with Gasteiger partial charge in [-0.05, 0) is 31.9 Å². The van der Waals surface area contributed by atoms with Gasteiger partial charge in [0.25, 0.3) is 0 Å². The Labute approximate surface area is 131 Å². The van der Waals surface area contributed by atoms with Crippen LogP contribution >= 0.6 is 0 Å². The van der Waals surface area contributed by atoms with Gasteiger partial charge in [-0.25, -0.2) is 9.97 Å². The van der Waals surface area contributed by atoms with Gasteiger partial charge in [-0.15, -0.1) is 0 Å². The van der Waals surface area contributed by atoms with Gasteiger partial charge in [0.05, 0.1) is 29.3 Å². The van der Waals surface area contributed by atoms with E-state index in [1.54, 1.807) is 0 Å². The molecule has 3 heterocycles. The summed E-state index contributed by atoms with van der Waals surface area (Å²) >= 11 is 0. The summed E-state index contributed by atoms with van der Waals surface area (Å²) in [7, 11) is 1.99. The molecule has 1 amide bonds. The summed E-state index contributed by atoms with van der Waals surface area (Å²) in [6.45, 7) is 4.74. The van der Waals surface area contributed by atoms with E-state index < -0.39 is 0 Å². The maximum absolute atomic E-state index is 12.1. The van der Waals surface area contributed by atoms with Crippen molar-refractivity contribution in [3.63, 3.8) is 0 Å². The standard InChI is InChI=1S/C17H22N4O/c1-4-17(22)21-10-6-9-15(21)13-7-5-8-14(19-13)16-11-18-12(2)20(16)3/h5,7-8,11,15H,4,6,9-10H2,1-3H3. The topological polar surface area (TPSA) is 51.0 Å². The summed E-state index contributed by atoms with van der Waals surface area (Å²) in [5, 5.41) is 0. The summed E-state index contributed by atoms with van der Waals surface area (Å²) in [4.78, 5) is 23.2. The minimum absolute atomic E-state index is 0.113. The third-order valence-electron chi connectivity index (χ3n) is 4.47. The van der Waals surface area contributed by atoms with Gasteiger partial charge in [0.15, 0.2) is 0 Å². The number of aryl methyl sites for hydroxylation is 1. The lowest BCUT2D eigenvalue weighted by Gasteiger charge is -2.24. The van der Waals surface area contributed by atoms with Crippen LogP contribution in [0.3, 0.4) is 0 Å². The lowest BCUT2D eigenvalue weighted by molar-refractivity contribution is -0.131. The smallest absolute Gasteiger partial charge is 0.222 e. The van der Waals surface area contributed by atoms with Crippen molar-refractivity contribution < 1.29 is 4.79 Å². The molecule has 1 aliphatic heterocycles. The van der Waals surface area contributed by atoms with Crippen LogP contribution in [0.4, 0.5) is 0 Å². The van der Waals surface area contributed by atoms with E-state index in [0.717, 1.165) is 42.3 Å². The Morgan fingerprint density at radius 2 is 2.23 bits per heavy atom. The largest absolute Gasteiger partial charge is 0.334 e. The van der Waals surface area contributed by atoms with Crippen LogP contribution in [0.5, 0.6) is 0 Å². The number of carbonyl (C=O) groups is 1. The van der Waals surface area contributed by atoms with E-state index in [1.165, 1.54) is 0 Å². The van der Waals surface area contributed by atoms with Crippen molar-refractivity contribution in [3.05, 3.63) is 35.9 Å².